The van der Waals surface area contributed by atoms with E-state index in [9.17, 15) is 4.79 Å². The van der Waals surface area contributed by atoms with Crippen LogP contribution in [0.25, 0.3) is 5.70 Å². The third-order valence-electron chi connectivity index (χ3n) is 4.47. The molecule has 0 fully saturated rings. The fraction of sp³-hybridized carbons (Fsp3) is 0.263. The summed E-state index contributed by atoms with van der Waals surface area (Å²) in [4.78, 5) is 17.8. The van der Waals surface area contributed by atoms with E-state index in [0.29, 0.717) is 19.5 Å². The van der Waals surface area contributed by atoms with E-state index in [-0.39, 0.29) is 5.91 Å². The first kappa shape index (κ1) is 16.8. The van der Waals surface area contributed by atoms with Crippen LogP contribution >= 0.6 is 11.3 Å². The van der Waals surface area contributed by atoms with Crippen molar-refractivity contribution >= 4 is 40.3 Å². The maximum atomic E-state index is 11.7. The molecule has 2 aliphatic rings. The van der Waals surface area contributed by atoms with E-state index in [1.807, 2.05) is 35.6 Å². The number of fused-ring (bicyclic) bond motifs is 2. The number of aliphatic imine (C=N–C) groups is 1. The Hall–Kier alpha value is -2.64. The van der Waals surface area contributed by atoms with E-state index in [1.54, 1.807) is 0 Å². The van der Waals surface area contributed by atoms with Crippen LogP contribution in [0.3, 0.4) is 0 Å². The molecule has 0 saturated carbocycles. The molecule has 1 amide bonds. The summed E-state index contributed by atoms with van der Waals surface area (Å²) in [5.74, 6) is 0.646. The van der Waals surface area contributed by atoms with Crippen molar-refractivity contribution in [1.29, 1.82) is 0 Å². The average Bonchev–Trinajstić information content (AvgIpc) is 3.11. The molecule has 4 rings (SSSR count). The number of guanidine groups is 1. The van der Waals surface area contributed by atoms with Crippen molar-refractivity contribution in [2.24, 2.45) is 10.7 Å². The predicted octanol–water partition coefficient (Wildman–Crippen LogP) is 2.76. The average molecular weight is 367 g/mol. The molecule has 0 saturated heterocycles. The number of hydrogen-bond donors (Lipinski definition) is 4. The zero-order valence-corrected chi connectivity index (χ0v) is 15.2. The number of nitrogens with one attached hydrogen (secondary N) is 3. The number of anilines is 2. The van der Waals surface area contributed by atoms with E-state index < -0.39 is 0 Å². The predicted molar refractivity (Wildman–Crippen MR) is 107 cm³/mol. The molecule has 2 aromatic rings. The van der Waals surface area contributed by atoms with Gasteiger partial charge in [-0.15, -0.1) is 11.3 Å². The van der Waals surface area contributed by atoms with E-state index in [4.69, 9.17) is 5.73 Å². The maximum absolute atomic E-state index is 11.7. The fourth-order valence-corrected chi connectivity index (χ4v) is 4.11. The van der Waals surface area contributed by atoms with Crippen LogP contribution in [0.1, 0.15) is 23.3 Å². The first-order valence-electron chi connectivity index (χ1n) is 8.70. The molecule has 1 aromatic heterocycles. The van der Waals surface area contributed by atoms with Gasteiger partial charge >= 0.3 is 0 Å². The lowest BCUT2D eigenvalue weighted by atomic mass is 9.94. The van der Waals surface area contributed by atoms with Crippen molar-refractivity contribution in [3.05, 3.63) is 51.7 Å². The number of carbonyl (C=O) groups excluding carboxylic acids is 1. The zero-order chi connectivity index (χ0) is 17.9. The van der Waals surface area contributed by atoms with Crippen molar-refractivity contribution in [3.63, 3.8) is 0 Å². The summed E-state index contributed by atoms with van der Waals surface area (Å²) in [6.07, 6.45) is 2.48. The van der Waals surface area contributed by atoms with Gasteiger partial charge in [-0.3, -0.25) is 4.79 Å². The standard InChI is InChI=1S/C19H21N5OS/c20-8-6-17(25)22-13-2-1-3-14(10-13)23-19-21-11-12-4-5-16-15(7-9-26-16)18(12)24-19/h1-3,7,9-10H,4-6,8,11,20H2,(H,22,25)(H2,21,23,24). The van der Waals surface area contributed by atoms with Crippen molar-refractivity contribution in [2.45, 2.75) is 19.3 Å². The summed E-state index contributed by atoms with van der Waals surface area (Å²) < 4.78 is 0. The normalized spacial score (nSPS) is 15.5. The van der Waals surface area contributed by atoms with Crippen molar-refractivity contribution in [1.82, 2.24) is 5.32 Å². The van der Waals surface area contributed by atoms with Crippen LogP contribution in [0, 0.1) is 0 Å². The minimum absolute atomic E-state index is 0.0835. The molecular formula is C19H21N5OS. The molecule has 5 N–H and O–H groups in total. The summed E-state index contributed by atoms with van der Waals surface area (Å²) >= 11 is 1.81. The van der Waals surface area contributed by atoms with Gasteiger partial charge in [0, 0.05) is 34.8 Å². The summed E-state index contributed by atoms with van der Waals surface area (Å²) in [6.45, 7) is 1.05. The Bertz CT molecular complexity index is 899. The Balaban J connectivity index is 1.46. The molecule has 1 aliphatic carbocycles. The minimum atomic E-state index is -0.0835. The Morgan fingerprint density at radius 3 is 3.04 bits per heavy atom. The van der Waals surface area contributed by atoms with Gasteiger partial charge in [0.15, 0.2) is 0 Å². The highest BCUT2D eigenvalue weighted by atomic mass is 32.1. The number of aryl methyl sites for hydroxylation is 1. The van der Waals surface area contributed by atoms with Crippen LogP contribution in [-0.2, 0) is 11.2 Å². The Labute approximate surface area is 156 Å². The van der Waals surface area contributed by atoms with Gasteiger partial charge in [-0.2, -0.15) is 0 Å². The number of nitrogens with zero attached hydrogens (tertiary/aromatic N) is 1. The van der Waals surface area contributed by atoms with Gasteiger partial charge in [0.05, 0.1) is 12.2 Å². The molecule has 6 nitrogen and oxygen atoms in total. The SMILES string of the molecule is NCCC(=O)Nc1cccc(NC2=NCC3=C(N2)c2ccsc2CC3)c1. The molecule has 7 heteroatoms. The second-order valence-corrected chi connectivity index (χ2v) is 7.32. The first-order chi connectivity index (χ1) is 12.7. The van der Waals surface area contributed by atoms with Gasteiger partial charge in [0.1, 0.15) is 0 Å². The first-order valence-corrected chi connectivity index (χ1v) is 9.58. The van der Waals surface area contributed by atoms with Crippen LogP contribution in [0.4, 0.5) is 11.4 Å². The van der Waals surface area contributed by atoms with Crippen LogP contribution in [0.15, 0.2) is 46.3 Å². The molecule has 0 unspecified atom stereocenters. The van der Waals surface area contributed by atoms with E-state index in [2.05, 4.69) is 32.4 Å². The summed E-state index contributed by atoms with van der Waals surface area (Å²) in [5, 5.41) is 11.8. The quantitative estimate of drug-likeness (QED) is 0.669. The molecule has 26 heavy (non-hydrogen) atoms. The molecular weight excluding hydrogens is 346 g/mol. The molecule has 134 valence electrons. The topological polar surface area (TPSA) is 91.5 Å². The minimum Gasteiger partial charge on any atom is -0.330 e. The van der Waals surface area contributed by atoms with Gasteiger partial charge in [0.2, 0.25) is 11.9 Å². The molecule has 1 aromatic carbocycles. The summed E-state index contributed by atoms with van der Waals surface area (Å²) in [6, 6.07) is 9.77. The lowest BCUT2D eigenvalue weighted by molar-refractivity contribution is -0.116. The Morgan fingerprint density at radius 2 is 2.15 bits per heavy atom. The van der Waals surface area contributed by atoms with Crippen LogP contribution in [0.5, 0.6) is 0 Å². The summed E-state index contributed by atoms with van der Waals surface area (Å²) in [5.41, 5.74) is 10.9. The van der Waals surface area contributed by atoms with Gasteiger partial charge < -0.3 is 21.7 Å². The van der Waals surface area contributed by atoms with Gasteiger partial charge in [-0.1, -0.05) is 6.07 Å². The number of nitrogens with two attached hydrogens (primary N) is 1. The molecule has 2 heterocycles. The lowest BCUT2D eigenvalue weighted by Gasteiger charge is -2.26. The van der Waals surface area contributed by atoms with Gasteiger partial charge in [0.25, 0.3) is 0 Å². The third kappa shape index (κ3) is 3.49. The second-order valence-electron chi connectivity index (χ2n) is 6.32. The molecule has 0 radical (unpaired) electrons. The van der Waals surface area contributed by atoms with E-state index >= 15 is 0 Å². The maximum Gasteiger partial charge on any atom is 0.225 e. The highest BCUT2D eigenvalue weighted by Crippen LogP contribution is 2.34. The largest absolute Gasteiger partial charge is 0.330 e. The van der Waals surface area contributed by atoms with E-state index in [0.717, 1.165) is 30.2 Å². The van der Waals surface area contributed by atoms with Crippen molar-refractivity contribution in [2.75, 3.05) is 23.7 Å². The Kier molecular flexibility index (Phi) is 4.73. The number of carbonyl (C=O) groups is 1. The fourth-order valence-electron chi connectivity index (χ4n) is 3.22. The molecule has 1 aliphatic heterocycles. The number of hydrogen-bond acceptors (Lipinski definition) is 6. The second kappa shape index (κ2) is 7.31. The molecule has 0 bridgehead atoms. The van der Waals surface area contributed by atoms with Crippen LogP contribution in [0.2, 0.25) is 0 Å². The lowest BCUT2D eigenvalue weighted by Crippen LogP contribution is -2.35. The monoisotopic (exact) mass is 367 g/mol. The Morgan fingerprint density at radius 1 is 1.27 bits per heavy atom. The van der Waals surface area contributed by atoms with Crippen molar-refractivity contribution < 1.29 is 4.79 Å². The van der Waals surface area contributed by atoms with Crippen LogP contribution < -0.4 is 21.7 Å². The van der Waals surface area contributed by atoms with Gasteiger partial charge in [-0.05, 0) is 48.1 Å². The smallest absolute Gasteiger partial charge is 0.225 e. The van der Waals surface area contributed by atoms with E-state index in [1.165, 1.54) is 21.7 Å². The highest BCUT2D eigenvalue weighted by molar-refractivity contribution is 7.10. The van der Waals surface area contributed by atoms with Gasteiger partial charge in [-0.25, -0.2) is 4.99 Å². The number of thiophene rings is 1. The third-order valence-corrected chi connectivity index (χ3v) is 5.45. The number of rotatable bonds is 4. The summed E-state index contributed by atoms with van der Waals surface area (Å²) in [7, 11) is 0. The van der Waals surface area contributed by atoms with Crippen LogP contribution in [-0.4, -0.2) is 25.0 Å². The number of benzene rings is 1. The molecule has 0 atom stereocenters. The van der Waals surface area contributed by atoms with Crippen molar-refractivity contribution in [3.8, 4) is 0 Å². The molecule has 0 spiro atoms. The number of amides is 1. The highest BCUT2D eigenvalue weighted by Gasteiger charge is 2.23. The zero-order valence-electron chi connectivity index (χ0n) is 14.3.